The van der Waals surface area contributed by atoms with Crippen LogP contribution in [-0.4, -0.2) is 41.6 Å². The maximum atomic E-state index is 6.25. The molecule has 6 nitrogen and oxygen atoms in total. The lowest BCUT2D eigenvalue weighted by atomic mass is 9.93. The number of aromatic nitrogens is 1. The van der Waals surface area contributed by atoms with Gasteiger partial charge in [0.1, 0.15) is 5.75 Å². The predicted molar refractivity (Wildman–Crippen MR) is 122 cm³/mol. The van der Waals surface area contributed by atoms with E-state index in [2.05, 4.69) is 41.2 Å². The molecule has 1 unspecified atom stereocenters. The van der Waals surface area contributed by atoms with Crippen molar-refractivity contribution in [1.82, 2.24) is 14.9 Å². The Balaban J connectivity index is 1.48. The summed E-state index contributed by atoms with van der Waals surface area (Å²) >= 11 is 6.25. The normalized spacial score (nSPS) is 16.8. The molecular weight excluding hydrogens is 398 g/mol. The summed E-state index contributed by atoms with van der Waals surface area (Å²) in [6.07, 6.45) is 4.90. The fourth-order valence-corrected chi connectivity index (χ4v) is 4.34. The van der Waals surface area contributed by atoms with E-state index in [4.69, 9.17) is 27.9 Å². The van der Waals surface area contributed by atoms with Crippen molar-refractivity contribution in [2.75, 3.05) is 26.7 Å². The van der Waals surface area contributed by atoms with E-state index in [1.807, 2.05) is 18.2 Å². The number of hydrogen-bond donors (Lipinski definition) is 3. The monoisotopic (exact) mass is 425 g/mol. The molecule has 7 heteroatoms. The van der Waals surface area contributed by atoms with Crippen LogP contribution in [0.5, 0.6) is 5.75 Å². The molecule has 0 spiro atoms. The molecule has 0 fully saturated rings. The highest BCUT2D eigenvalue weighted by Gasteiger charge is 2.29. The highest BCUT2D eigenvalue weighted by atomic mass is 35.5. The average molecular weight is 426 g/mol. The van der Waals surface area contributed by atoms with Gasteiger partial charge in [-0.1, -0.05) is 23.7 Å². The number of nitrogens with two attached hydrogens (primary N) is 2. The van der Waals surface area contributed by atoms with Crippen LogP contribution in [0.1, 0.15) is 29.3 Å². The molecule has 2 heterocycles. The van der Waals surface area contributed by atoms with Gasteiger partial charge in [0.25, 0.3) is 0 Å². The molecule has 4 rings (SSSR count). The largest absolute Gasteiger partial charge is 0.494 e. The van der Waals surface area contributed by atoms with E-state index in [0.717, 1.165) is 35.7 Å². The second kappa shape index (κ2) is 9.00. The topological polar surface area (TPSA) is 83.5 Å². The number of ether oxygens (including phenoxy) is 1. The van der Waals surface area contributed by atoms with Gasteiger partial charge in [-0.05, 0) is 54.9 Å². The Kier molecular flexibility index (Phi) is 6.18. The zero-order valence-corrected chi connectivity index (χ0v) is 17.9. The lowest BCUT2D eigenvalue weighted by Gasteiger charge is -2.33. The minimum atomic E-state index is 0.183. The first-order chi connectivity index (χ1) is 14.6. The van der Waals surface area contributed by atoms with Gasteiger partial charge in [0.2, 0.25) is 0 Å². The molecule has 0 aliphatic carbocycles. The number of aromatic amines is 1. The van der Waals surface area contributed by atoms with Gasteiger partial charge in [0.15, 0.2) is 0 Å². The van der Waals surface area contributed by atoms with Gasteiger partial charge in [0.05, 0.1) is 12.6 Å². The molecule has 0 radical (unpaired) electrons. The number of H-pyrrole nitrogens is 1. The number of hydrazine groups is 1. The number of halogens is 1. The van der Waals surface area contributed by atoms with E-state index in [0.29, 0.717) is 13.2 Å². The first kappa shape index (κ1) is 20.6. The number of benzene rings is 2. The molecule has 1 atom stereocenters. The number of fused-ring (bicyclic) bond motifs is 3. The predicted octanol–water partition coefficient (Wildman–Crippen LogP) is 3.77. The summed E-state index contributed by atoms with van der Waals surface area (Å²) in [6, 6.07) is 14.6. The van der Waals surface area contributed by atoms with Gasteiger partial charge in [0, 0.05) is 53.5 Å². The van der Waals surface area contributed by atoms with Crippen LogP contribution in [0.3, 0.4) is 0 Å². The van der Waals surface area contributed by atoms with E-state index in [9.17, 15) is 0 Å². The van der Waals surface area contributed by atoms with Crippen molar-refractivity contribution in [3.05, 3.63) is 76.7 Å². The number of likely N-dealkylation sites (N-methyl/N-ethyl adjacent to an activating group) is 1. The Bertz CT molecular complexity index is 1030. The molecule has 1 aliphatic heterocycles. The summed E-state index contributed by atoms with van der Waals surface area (Å²) < 4.78 is 5.86. The minimum absolute atomic E-state index is 0.183. The molecular formula is C23H28ClN5O. The Morgan fingerprint density at radius 3 is 2.83 bits per heavy atom. The summed E-state index contributed by atoms with van der Waals surface area (Å²) in [6.45, 7) is 2.29. The maximum Gasteiger partial charge on any atom is 0.119 e. The standard InChI is InChI=1S/C23H28ClN5O/c1-28-12-9-19-20-15-17(24)5-8-21(20)27-22(19)23(28)16-3-6-18(7-4-16)30-14-2-11-29(26)13-10-25/h3-8,10,13,15,23,27H,2,9,11-12,14,25-26H2,1H3/b13-10-. The van der Waals surface area contributed by atoms with Crippen LogP contribution in [0.25, 0.3) is 10.9 Å². The van der Waals surface area contributed by atoms with Gasteiger partial charge in [-0.25, -0.2) is 5.84 Å². The maximum absolute atomic E-state index is 6.25. The van der Waals surface area contributed by atoms with Crippen molar-refractivity contribution in [2.24, 2.45) is 11.6 Å². The minimum Gasteiger partial charge on any atom is -0.494 e. The number of nitrogens with zero attached hydrogens (tertiary/aromatic N) is 2. The van der Waals surface area contributed by atoms with E-state index in [-0.39, 0.29) is 6.04 Å². The number of hydrogen-bond acceptors (Lipinski definition) is 5. The second-order valence-electron chi connectivity index (χ2n) is 7.69. The third kappa shape index (κ3) is 4.26. The van der Waals surface area contributed by atoms with Gasteiger partial charge >= 0.3 is 0 Å². The fourth-order valence-electron chi connectivity index (χ4n) is 4.17. The molecule has 3 aromatic rings. The average Bonchev–Trinajstić information content (AvgIpc) is 3.09. The Hall–Kier alpha value is -2.67. The van der Waals surface area contributed by atoms with Crippen LogP contribution in [0, 0.1) is 0 Å². The molecule has 0 saturated carbocycles. The molecule has 0 amide bonds. The molecule has 1 aliphatic rings. The van der Waals surface area contributed by atoms with Crippen molar-refractivity contribution >= 4 is 22.5 Å². The Morgan fingerprint density at radius 2 is 2.07 bits per heavy atom. The van der Waals surface area contributed by atoms with E-state index in [1.165, 1.54) is 28.4 Å². The third-order valence-corrected chi connectivity index (χ3v) is 5.87. The molecule has 2 aromatic carbocycles. The zero-order valence-electron chi connectivity index (χ0n) is 17.1. The van der Waals surface area contributed by atoms with Gasteiger partial charge in [-0.15, -0.1) is 0 Å². The van der Waals surface area contributed by atoms with Crippen molar-refractivity contribution in [3.8, 4) is 5.75 Å². The van der Waals surface area contributed by atoms with E-state index >= 15 is 0 Å². The summed E-state index contributed by atoms with van der Waals surface area (Å²) in [5, 5.41) is 3.56. The van der Waals surface area contributed by atoms with Gasteiger partial charge in [-0.3, -0.25) is 4.90 Å². The Morgan fingerprint density at radius 1 is 1.27 bits per heavy atom. The van der Waals surface area contributed by atoms with Crippen LogP contribution >= 0.6 is 11.6 Å². The zero-order chi connectivity index (χ0) is 21.1. The first-order valence-corrected chi connectivity index (χ1v) is 10.6. The summed E-state index contributed by atoms with van der Waals surface area (Å²) in [5.41, 5.74) is 10.3. The highest BCUT2D eigenvalue weighted by molar-refractivity contribution is 6.31. The summed E-state index contributed by atoms with van der Waals surface area (Å²) in [7, 11) is 2.17. The number of rotatable bonds is 7. The second-order valence-corrected chi connectivity index (χ2v) is 8.13. The molecule has 0 bridgehead atoms. The molecule has 5 N–H and O–H groups in total. The highest BCUT2D eigenvalue weighted by Crippen LogP contribution is 2.38. The third-order valence-electron chi connectivity index (χ3n) is 5.63. The van der Waals surface area contributed by atoms with Crippen LogP contribution in [0.15, 0.2) is 54.9 Å². The van der Waals surface area contributed by atoms with Crippen LogP contribution in [-0.2, 0) is 6.42 Å². The molecule has 158 valence electrons. The number of nitrogens with one attached hydrogen (secondary N) is 1. The molecule has 0 saturated heterocycles. The lowest BCUT2D eigenvalue weighted by Crippen LogP contribution is -2.32. The SMILES string of the molecule is CN1CCc2c([nH]c3ccc(Cl)cc23)C1c1ccc(OCCCN(N)/C=C\N)cc1. The summed E-state index contributed by atoms with van der Waals surface area (Å²) in [4.78, 5) is 6.02. The van der Waals surface area contributed by atoms with E-state index < -0.39 is 0 Å². The van der Waals surface area contributed by atoms with Crippen molar-refractivity contribution in [2.45, 2.75) is 18.9 Å². The van der Waals surface area contributed by atoms with E-state index in [1.54, 1.807) is 11.2 Å². The fraction of sp³-hybridized carbons (Fsp3) is 0.304. The van der Waals surface area contributed by atoms with Crippen molar-refractivity contribution in [1.29, 1.82) is 0 Å². The van der Waals surface area contributed by atoms with Crippen LogP contribution in [0.2, 0.25) is 5.02 Å². The molecule has 30 heavy (non-hydrogen) atoms. The Labute approximate surface area is 182 Å². The summed E-state index contributed by atoms with van der Waals surface area (Å²) in [5.74, 6) is 6.61. The lowest BCUT2D eigenvalue weighted by molar-refractivity contribution is 0.260. The molecule has 1 aromatic heterocycles. The van der Waals surface area contributed by atoms with Crippen LogP contribution < -0.4 is 16.3 Å². The van der Waals surface area contributed by atoms with Crippen molar-refractivity contribution in [3.63, 3.8) is 0 Å². The van der Waals surface area contributed by atoms with Gasteiger partial charge in [-0.2, -0.15) is 0 Å². The van der Waals surface area contributed by atoms with Crippen LogP contribution in [0.4, 0.5) is 0 Å². The smallest absolute Gasteiger partial charge is 0.119 e. The first-order valence-electron chi connectivity index (χ1n) is 10.2. The van der Waals surface area contributed by atoms with Crippen molar-refractivity contribution < 1.29 is 4.74 Å². The van der Waals surface area contributed by atoms with Gasteiger partial charge < -0.3 is 20.5 Å². The quantitative estimate of drug-likeness (QED) is 0.305.